The van der Waals surface area contributed by atoms with Gasteiger partial charge in [0.2, 0.25) is 5.91 Å². The Labute approximate surface area is 177 Å². The number of para-hydroxylation sites is 1. The summed E-state index contributed by atoms with van der Waals surface area (Å²) >= 11 is 3.24. The molecule has 150 valence electrons. The Morgan fingerprint density at radius 3 is 2.90 bits per heavy atom. The van der Waals surface area contributed by atoms with Gasteiger partial charge >= 0.3 is 0 Å². The third-order valence-corrected chi connectivity index (χ3v) is 7.69. The minimum absolute atomic E-state index is 0.200. The van der Waals surface area contributed by atoms with E-state index in [0.29, 0.717) is 11.8 Å². The quantitative estimate of drug-likeness (QED) is 0.428. The first-order valence-electron chi connectivity index (χ1n) is 10.1. The van der Waals surface area contributed by atoms with E-state index >= 15 is 0 Å². The Balaban J connectivity index is 1.42. The van der Waals surface area contributed by atoms with Crippen molar-refractivity contribution in [3.05, 3.63) is 46.3 Å². The van der Waals surface area contributed by atoms with E-state index in [1.165, 1.54) is 34.7 Å². The number of nitrogens with zero attached hydrogens (tertiary/aromatic N) is 2. The van der Waals surface area contributed by atoms with Crippen molar-refractivity contribution >= 4 is 44.9 Å². The predicted octanol–water partition coefficient (Wildman–Crippen LogP) is 5.56. The van der Waals surface area contributed by atoms with E-state index in [-0.39, 0.29) is 17.3 Å². The van der Waals surface area contributed by atoms with E-state index in [4.69, 9.17) is 9.97 Å². The van der Waals surface area contributed by atoms with Crippen LogP contribution in [0.1, 0.15) is 48.4 Å². The maximum absolute atomic E-state index is 13.8. The fourth-order valence-electron chi connectivity index (χ4n) is 3.84. The van der Waals surface area contributed by atoms with Crippen LogP contribution in [-0.4, -0.2) is 21.6 Å². The van der Waals surface area contributed by atoms with Gasteiger partial charge in [-0.2, -0.15) is 0 Å². The number of nitrogens with one attached hydrogen (secondary N) is 1. The van der Waals surface area contributed by atoms with Gasteiger partial charge in [0.1, 0.15) is 21.5 Å². The highest BCUT2D eigenvalue weighted by Gasteiger charge is 2.30. The molecule has 0 spiro atoms. The summed E-state index contributed by atoms with van der Waals surface area (Å²) in [7, 11) is 0. The van der Waals surface area contributed by atoms with Crippen LogP contribution in [0.15, 0.2) is 29.3 Å². The highest BCUT2D eigenvalue weighted by molar-refractivity contribution is 8.00. The lowest BCUT2D eigenvalue weighted by Crippen LogP contribution is -2.15. The van der Waals surface area contributed by atoms with Crippen molar-refractivity contribution in [2.75, 3.05) is 11.1 Å². The molecule has 2 aliphatic carbocycles. The Bertz CT molecular complexity index is 1090. The third kappa shape index (κ3) is 3.90. The molecule has 1 N–H and O–H groups in total. The lowest BCUT2D eigenvalue weighted by atomic mass is 9.89. The van der Waals surface area contributed by atoms with E-state index in [0.717, 1.165) is 46.8 Å². The number of aryl methyl sites for hydroxylation is 1. The number of aromatic nitrogens is 2. The Morgan fingerprint density at radius 1 is 1.28 bits per heavy atom. The summed E-state index contributed by atoms with van der Waals surface area (Å²) < 4.78 is 13.8. The fraction of sp³-hybridized carbons (Fsp3) is 0.409. The van der Waals surface area contributed by atoms with E-state index in [9.17, 15) is 9.18 Å². The summed E-state index contributed by atoms with van der Waals surface area (Å²) in [6.07, 6.45) is 5.63. The number of halogens is 1. The second-order valence-corrected chi connectivity index (χ2v) is 10.1. The van der Waals surface area contributed by atoms with Crippen molar-refractivity contribution in [2.24, 2.45) is 5.92 Å². The van der Waals surface area contributed by atoms with Crippen molar-refractivity contribution in [3.63, 3.8) is 0 Å². The van der Waals surface area contributed by atoms with E-state index in [1.54, 1.807) is 29.5 Å². The molecule has 3 aromatic rings. The monoisotopic (exact) mass is 427 g/mol. The fourth-order valence-corrected chi connectivity index (χ4v) is 6.15. The zero-order valence-electron chi connectivity index (χ0n) is 16.2. The molecule has 1 atom stereocenters. The number of hydrogen-bond donors (Lipinski definition) is 1. The average molecular weight is 428 g/mol. The lowest BCUT2D eigenvalue weighted by molar-refractivity contribution is -0.113. The molecule has 2 aliphatic rings. The van der Waals surface area contributed by atoms with E-state index in [2.05, 4.69) is 12.2 Å². The molecular formula is C22H22FN3OS2. The molecule has 1 aromatic carbocycles. The molecule has 7 heteroatoms. The number of benzene rings is 1. The van der Waals surface area contributed by atoms with Gasteiger partial charge in [0, 0.05) is 16.2 Å². The number of hydrogen-bond acceptors (Lipinski definition) is 5. The normalized spacial score (nSPS) is 18.6. The molecular weight excluding hydrogens is 405 g/mol. The SMILES string of the molecule is CC1CCc2c(sc3nc(C4CC4)nc(SCC(=O)Nc4ccccc4F)c23)C1. The van der Waals surface area contributed by atoms with Gasteiger partial charge in [-0.05, 0) is 55.7 Å². The van der Waals surface area contributed by atoms with Gasteiger partial charge in [0.05, 0.1) is 11.4 Å². The number of thiophene rings is 1. The van der Waals surface area contributed by atoms with Gasteiger partial charge in [-0.3, -0.25) is 4.79 Å². The number of carbonyl (C=O) groups is 1. The molecule has 0 saturated heterocycles. The summed E-state index contributed by atoms with van der Waals surface area (Å²) in [6.45, 7) is 2.30. The Hall–Kier alpha value is -1.99. The van der Waals surface area contributed by atoms with Crippen molar-refractivity contribution in [1.29, 1.82) is 0 Å². The number of rotatable bonds is 5. The first kappa shape index (κ1) is 19.0. The zero-order chi connectivity index (χ0) is 20.0. The van der Waals surface area contributed by atoms with E-state index < -0.39 is 5.82 Å². The van der Waals surface area contributed by atoms with Crippen LogP contribution in [0.4, 0.5) is 10.1 Å². The number of anilines is 1. The van der Waals surface area contributed by atoms with Crippen LogP contribution in [0.5, 0.6) is 0 Å². The summed E-state index contributed by atoms with van der Waals surface area (Å²) in [6, 6.07) is 6.23. The maximum atomic E-state index is 13.8. The second kappa shape index (κ2) is 7.69. The number of carbonyl (C=O) groups excluding carboxylic acids is 1. The molecule has 4 nitrogen and oxygen atoms in total. The van der Waals surface area contributed by atoms with Gasteiger partial charge in [-0.15, -0.1) is 11.3 Å². The van der Waals surface area contributed by atoms with Gasteiger partial charge in [0.25, 0.3) is 0 Å². The van der Waals surface area contributed by atoms with Crippen molar-refractivity contribution in [1.82, 2.24) is 9.97 Å². The third-order valence-electron chi connectivity index (χ3n) is 5.57. The minimum Gasteiger partial charge on any atom is -0.323 e. The topological polar surface area (TPSA) is 54.9 Å². The summed E-state index contributed by atoms with van der Waals surface area (Å²) in [5.74, 6) is 1.63. The second-order valence-electron chi connectivity index (χ2n) is 8.01. The predicted molar refractivity (Wildman–Crippen MR) is 116 cm³/mol. The largest absolute Gasteiger partial charge is 0.323 e. The molecule has 0 radical (unpaired) electrons. The Morgan fingerprint density at radius 2 is 2.10 bits per heavy atom. The van der Waals surface area contributed by atoms with Crippen LogP contribution in [0.3, 0.4) is 0 Å². The zero-order valence-corrected chi connectivity index (χ0v) is 17.8. The highest BCUT2D eigenvalue weighted by atomic mass is 32.2. The van der Waals surface area contributed by atoms with Crippen LogP contribution in [0, 0.1) is 11.7 Å². The smallest absolute Gasteiger partial charge is 0.234 e. The number of fused-ring (bicyclic) bond motifs is 3. The molecule has 1 fully saturated rings. The molecule has 0 bridgehead atoms. The van der Waals surface area contributed by atoms with Crippen LogP contribution in [-0.2, 0) is 17.6 Å². The molecule has 2 aromatic heterocycles. The number of amides is 1. The van der Waals surface area contributed by atoms with Crippen LogP contribution < -0.4 is 5.32 Å². The first-order chi connectivity index (χ1) is 14.1. The average Bonchev–Trinajstić information content (AvgIpc) is 3.48. The van der Waals surface area contributed by atoms with Gasteiger partial charge in [-0.25, -0.2) is 14.4 Å². The standard InChI is InChI=1S/C22H22FN3OS2/c1-12-6-9-14-17(10-12)29-22-19(14)21(25-20(26-22)13-7-8-13)28-11-18(27)24-16-5-3-2-4-15(16)23/h2-5,12-13H,6-11H2,1H3,(H,24,27). The Kier molecular flexibility index (Phi) is 5.04. The summed E-state index contributed by atoms with van der Waals surface area (Å²) in [5, 5.41) is 4.72. The van der Waals surface area contributed by atoms with Gasteiger partial charge < -0.3 is 5.32 Å². The summed E-state index contributed by atoms with van der Waals surface area (Å²) in [4.78, 5) is 24.7. The first-order valence-corrected chi connectivity index (χ1v) is 11.9. The van der Waals surface area contributed by atoms with Gasteiger partial charge in [-0.1, -0.05) is 30.8 Å². The molecule has 2 heterocycles. The molecule has 29 heavy (non-hydrogen) atoms. The summed E-state index contributed by atoms with van der Waals surface area (Å²) in [5.41, 5.74) is 1.59. The molecule has 1 unspecified atom stereocenters. The lowest BCUT2D eigenvalue weighted by Gasteiger charge is -2.18. The van der Waals surface area contributed by atoms with Crippen molar-refractivity contribution in [3.8, 4) is 0 Å². The van der Waals surface area contributed by atoms with Gasteiger partial charge in [0.15, 0.2) is 0 Å². The maximum Gasteiger partial charge on any atom is 0.234 e. The van der Waals surface area contributed by atoms with Crippen molar-refractivity contribution in [2.45, 2.75) is 50.0 Å². The molecule has 5 rings (SSSR count). The van der Waals surface area contributed by atoms with Crippen LogP contribution in [0.25, 0.3) is 10.2 Å². The van der Waals surface area contributed by atoms with Crippen molar-refractivity contribution < 1.29 is 9.18 Å². The minimum atomic E-state index is -0.424. The van der Waals surface area contributed by atoms with E-state index in [1.807, 2.05) is 0 Å². The molecule has 0 aliphatic heterocycles. The number of thioether (sulfide) groups is 1. The molecule has 1 amide bonds. The van der Waals surface area contributed by atoms with Crippen LogP contribution >= 0.6 is 23.1 Å². The highest BCUT2D eigenvalue weighted by Crippen LogP contribution is 2.44. The van der Waals surface area contributed by atoms with Crippen LogP contribution in [0.2, 0.25) is 0 Å². The molecule has 1 saturated carbocycles.